The Labute approximate surface area is 152 Å². The zero-order valence-corrected chi connectivity index (χ0v) is 16.7. The van der Waals surface area contributed by atoms with Crippen LogP contribution in [0.4, 0.5) is 5.69 Å². The Hall–Kier alpha value is -0.630. The highest BCUT2D eigenvalue weighted by molar-refractivity contribution is 14.0. The van der Waals surface area contributed by atoms with E-state index in [0.717, 1.165) is 12.1 Å². The number of halogens is 1. The van der Waals surface area contributed by atoms with Crippen molar-refractivity contribution in [2.75, 3.05) is 17.6 Å². The summed E-state index contributed by atoms with van der Waals surface area (Å²) in [7, 11) is -0.891. The summed E-state index contributed by atoms with van der Waals surface area (Å²) in [5, 5.41) is 3.11. The average molecular weight is 435 g/mol. The number of anilines is 1. The molecule has 1 unspecified atom stereocenters. The molecule has 22 heavy (non-hydrogen) atoms. The van der Waals surface area contributed by atoms with Gasteiger partial charge in [-0.2, -0.15) is 0 Å². The minimum atomic E-state index is -0.891. The smallest absolute Gasteiger partial charge is 0.193 e. The number of hydrogen-bond donors (Lipinski definition) is 2. The minimum Gasteiger partial charge on any atom is -0.370 e. The van der Waals surface area contributed by atoms with E-state index in [1.54, 1.807) is 0 Å². The molecule has 0 spiro atoms. The third-order valence-electron chi connectivity index (χ3n) is 3.61. The predicted octanol–water partition coefficient (Wildman–Crippen LogP) is 3.07. The fourth-order valence-electron chi connectivity index (χ4n) is 2.39. The summed E-state index contributed by atoms with van der Waals surface area (Å²) >= 11 is 0. The van der Waals surface area contributed by atoms with Crippen LogP contribution in [0.1, 0.15) is 38.3 Å². The number of nitrogens with zero attached hydrogens (tertiary/aromatic N) is 1. The largest absolute Gasteiger partial charge is 0.370 e. The van der Waals surface area contributed by atoms with Crippen LogP contribution in [0.5, 0.6) is 0 Å². The van der Waals surface area contributed by atoms with Gasteiger partial charge < -0.3 is 11.1 Å². The van der Waals surface area contributed by atoms with Crippen LogP contribution in [0, 0.1) is 0 Å². The molecule has 0 bridgehead atoms. The first-order valence-electron chi connectivity index (χ1n) is 7.43. The highest BCUT2D eigenvalue weighted by atomic mass is 127. The molecule has 0 saturated carbocycles. The summed E-state index contributed by atoms with van der Waals surface area (Å²) in [4.78, 5) is 4.26. The molecule has 0 aliphatic heterocycles. The lowest BCUT2D eigenvalue weighted by Gasteiger charge is -2.16. The number of aryl methyl sites for hydroxylation is 2. The van der Waals surface area contributed by atoms with Gasteiger partial charge in [-0.05, 0) is 63.3 Å². The molecule has 0 fully saturated rings. The van der Waals surface area contributed by atoms with Crippen molar-refractivity contribution in [2.24, 2.45) is 10.7 Å². The van der Waals surface area contributed by atoms with Crippen molar-refractivity contribution in [3.05, 3.63) is 29.3 Å². The normalized spacial score (nSPS) is 15.9. The Balaban J connectivity index is 0.00000242. The molecule has 0 radical (unpaired) electrons. The van der Waals surface area contributed by atoms with E-state index in [4.69, 9.17) is 5.73 Å². The molecular formula is C16H26IN3OS. The molecule has 4 nitrogen and oxygen atoms in total. The van der Waals surface area contributed by atoms with E-state index in [-0.39, 0.29) is 28.7 Å². The van der Waals surface area contributed by atoms with E-state index in [0.29, 0.717) is 18.3 Å². The Morgan fingerprint density at radius 3 is 2.68 bits per heavy atom. The highest BCUT2D eigenvalue weighted by Crippen LogP contribution is 2.24. The maximum absolute atomic E-state index is 11.9. The van der Waals surface area contributed by atoms with Gasteiger partial charge in [-0.25, -0.2) is 0 Å². The van der Waals surface area contributed by atoms with Crippen molar-refractivity contribution >= 4 is 46.4 Å². The highest BCUT2D eigenvalue weighted by Gasteiger charge is 2.18. The maximum Gasteiger partial charge on any atom is 0.193 e. The predicted molar refractivity (Wildman–Crippen MR) is 107 cm³/mol. The molecule has 124 valence electrons. The molecule has 1 atom stereocenters. The van der Waals surface area contributed by atoms with Crippen LogP contribution < -0.4 is 11.1 Å². The van der Waals surface area contributed by atoms with E-state index in [9.17, 15) is 4.21 Å². The van der Waals surface area contributed by atoms with Crippen LogP contribution >= 0.6 is 24.0 Å². The number of rotatable bonds is 4. The molecule has 0 saturated heterocycles. The van der Waals surface area contributed by atoms with E-state index in [2.05, 4.69) is 22.4 Å². The summed E-state index contributed by atoms with van der Waals surface area (Å²) in [5.41, 5.74) is 9.71. The molecule has 1 aliphatic rings. The Kier molecular flexibility index (Phi) is 7.31. The van der Waals surface area contributed by atoms with Crippen molar-refractivity contribution < 1.29 is 4.21 Å². The van der Waals surface area contributed by atoms with Gasteiger partial charge >= 0.3 is 0 Å². The third kappa shape index (κ3) is 5.53. The first-order chi connectivity index (χ1) is 9.86. The van der Waals surface area contributed by atoms with Crippen molar-refractivity contribution in [3.63, 3.8) is 0 Å². The van der Waals surface area contributed by atoms with Crippen LogP contribution in [-0.4, -0.2) is 27.2 Å². The number of nitrogens with two attached hydrogens (primary N) is 1. The van der Waals surface area contributed by atoms with Crippen LogP contribution in [0.15, 0.2) is 23.2 Å². The molecule has 0 aromatic heterocycles. The average Bonchev–Trinajstić information content (AvgIpc) is 2.84. The number of benzene rings is 1. The fourth-order valence-corrected chi connectivity index (χ4v) is 3.26. The van der Waals surface area contributed by atoms with Gasteiger partial charge in [-0.15, -0.1) is 24.0 Å². The van der Waals surface area contributed by atoms with Crippen LogP contribution in [0.3, 0.4) is 0 Å². The summed E-state index contributed by atoms with van der Waals surface area (Å²) < 4.78 is 11.7. The van der Waals surface area contributed by atoms with Crippen molar-refractivity contribution in [1.29, 1.82) is 0 Å². The van der Waals surface area contributed by atoms with Gasteiger partial charge in [-0.1, -0.05) is 6.07 Å². The Bertz CT molecular complexity index is 567. The van der Waals surface area contributed by atoms with Gasteiger partial charge in [0, 0.05) is 27.0 Å². The summed E-state index contributed by atoms with van der Waals surface area (Å²) in [6.45, 7) is 6.39. The Morgan fingerprint density at radius 1 is 1.32 bits per heavy atom. The molecule has 3 N–H and O–H groups in total. The molecule has 0 heterocycles. The van der Waals surface area contributed by atoms with Gasteiger partial charge in [0.2, 0.25) is 0 Å². The molecule has 1 aromatic rings. The van der Waals surface area contributed by atoms with E-state index >= 15 is 0 Å². The number of hydrogen-bond acceptors (Lipinski definition) is 2. The molecule has 0 amide bonds. The quantitative estimate of drug-likeness (QED) is 0.434. The van der Waals surface area contributed by atoms with Crippen LogP contribution in [0.2, 0.25) is 0 Å². The zero-order chi connectivity index (χ0) is 15.5. The van der Waals surface area contributed by atoms with Gasteiger partial charge in [0.1, 0.15) is 0 Å². The first kappa shape index (κ1) is 19.4. The van der Waals surface area contributed by atoms with Gasteiger partial charge in [0.25, 0.3) is 0 Å². The van der Waals surface area contributed by atoms with Gasteiger partial charge in [-0.3, -0.25) is 9.20 Å². The molecular weight excluding hydrogens is 409 g/mol. The van der Waals surface area contributed by atoms with Crippen LogP contribution in [-0.2, 0) is 23.6 Å². The summed E-state index contributed by atoms with van der Waals surface area (Å²) in [6.07, 6.45) is 3.56. The summed E-state index contributed by atoms with van der Waals surface area (Å²) in [6, 6.07) is 6.35. The summed E-state index contributed by atoms with van der Waals surface area (Å²) in [5.74, 6) is 0.926. The van der Waals surface area contributed by atoms with Gasteiger partial charge in [0.05, 0.1) is 6.54 Å². The SMILES string of the molecule is CC(C)(C)S(=O)CCN=C(N)Nc1ccc2c(c1)CCC2.I. The van der Waals surface area contributed by atoms with Crippen molar-refractivity contribution in [3.8, 4) is 0 Å². The maximum atomic E-state index is 11.9. The fraction of sp³-hybridized carbons (Fsp3) is 0.562. The van der Waals surface area contributed by atoms with Crippen LogP contribution in [0.25, 0.3) is 0 Å². The number of guanidine groups is 1. The monoisotopic (exact) mass is 435 g/mol. The van der Waals surface area contributed by atoms with Gasteiger partial charge in [0.15, 0.2) is 5.96 Å². The number of aliphatic imine (C=N–C) groups is 1. The molecule has 1 aromatic carbocycles. The number of fused-ring (bicyclic) bond motifs is 1. The lowest BCUT2D eigenvalue weighted by molar-refractivity contribution is 0.648. The van der Waals surface area contributed by atoms with E-state index in [1.807, 2.05) is 26.8 Å². The number of nitrogens with one attached hydrogen (secondary N) is 1. The molecule has 6 heteroatoms. The molecule has 1 aliphatic carbocycles. The third-order valence-corrected chi connectivity index (χ3v) is 5.53. The van der Waals surface area contributed by atoms with Crippen molar-refractivity contribution in [2.45, 2.75) is 44.8 Å². The zero-order valence-electron chi connectivity index (χ0n) is 13.5. The Morgan fingerprint density at radius 2 is 2.00 bits per heavy atom. The topological polar surface area (TPSA) is 67.5 Å². The minimum absolute atomic E-state index is 0. The lowest BCUT2D eigenvalue weighted by Crippen LogP contribution is -2.27. The standard InChI is InChI=1S/C16H25N3OS.HI/c1-16(2,3)21(20)10-9-18-15(17)19-14-8-7-12-5-4-6-13(12)11-14;/h7-8,11H,4-6,9-10H2,1-3H3,(H3,17,18,19);1H. The lowest BCUT2D eigenvalue weighted by atomic mass is 10.1. The second-order valence-corrected chi connectivity index (χ2v) is 8.72. The second-order valence-electron chi connectivity index (χ2n) is 6.39. The van der Waals surface area contributed by atoms with E-state index < -0.39 is 10.8 Å². The van der Waals surface area contributed by atoms with Crippen molar-refractivity contribution in [1.82, 2.24) is 0 Å². The molecule has 2 rings (SSSR count). The van der Waals surface area contributed by atoms with E-state index in [1.165, 1.54) is 24.0 Å². The first-order valence-corrected chi connectivity index (χ1v) is 8.75. The second kappa shape index (κ2) is 8.29.